The van der Waals surface area contributed by atoms with E-state index in [-0.39, 0.29) is 17.4 Å². The molecule has 10 rings (SSSR count). The molecule has 6 saturated carbocycles. The Morgan fingerprint density at radius 2 is 1.38 bits per heavy atom. The van der Waals surface area contributed by atoms with E-state index in [0.717, 1.165) is 79.6 Å². The van der Waals surface area contributed by atoms with Gasteiger partial charge < -0.3 is 19.7 Å². The molecule has 0 amide bonds. The molecule has 10 aliphatic carbocycles. The normalized spacial score (nSPS) is 51.2. The number of allylic oxidation sites excluding steroid dienone is 8. The highest BCUT2D eigenvalue weighted by atomic mass is 16.5. The molecule has 15 atom stereocenters. The number of Topliss-reactive ketones (excluding diaryl/α,β-unsaturated/α-hetero) is 1. The van der Waals surface area contributed by atoms with Gasteiger partial charge in [-0.25, -0.2) is 0 Å². The largest absolute Gasteiger partial charge is 0.501 e. The van der Waals surface area contributed by atoms with Crippen LogP contribution in [0.1, 0.15) is 90.9 Å². The second kappa shape index (κ2) is 11.1. The quantitative estimate of drug-likeness (QED) is 0.304. The molecule has 2 N–H and O–H groups in total. The first-order valence-corrected chi connectivity index (χ1v) is 19.4. The van der Waals surface area contributed by atoms with Crippen molar-refractivity contribution in [1.82, 2.24) is 0 Å². The van der Waals surface area contributed by atoms with Crippen LogP contribution in [0.5, 0.6) is 0 Å². The van der Waals surface area contributed by atoms with Crippen molar-refractivity contribution in [3.8, 4) is 11.8 Å². The van der Waals surface area contributed by atoms with E-state index in [0.29, 0.717) is 47.2 Å². The van der Waals surface area contributed by atoms with Crippen molar-refractivity contribution in [2.24, 2.45) is 81.8 Å². The lowest BCUT2D eigenvalue weighted by Gasteiger charge is -2.55. The van der Waals surface area contributed by atoms with Crippen LogP contribution in [0.15, 0.2) is 47.0 Å². The molecular formula is C43H56O5. The number of carbonyl (C=O) groups is 1. The van der Waals surface area contributed by atoms with Crippen molar-refractivity contribution >= 4 is 5.78 Å². The van der Waals surface area contributed by atoms with Crippen molar-refractivity contribution < 1.29 is 24.5 Å². The number of rotatable bonds is 2. The Morgan fingerprint density at radius 3 is 1.98 bits per heavy atom. The van der Waals surface area contributed by atoms with E-state index < -0.39 is 5.60 Å². The highest BCUT2D eigenvalue weighted by Crippen LogP contribution is 2.75. The van der Waals surface area contributed by atoms with Gasteiger partial charge in [0.2, 0.25) is 0 Å². The average Bonchev–Trinajstić information content (AvgIpc) is 4.04. The number of hydrogen-bond acceptors (Lipinski definition) is 5. The number of carbonyl (C=O) groups excluding carboxylic acids is 1. The van der Waals surface area contributed by atoms with Crippen LogP contribution in [0.4, 0.5) is 0 Å². The number of ether oxygens (including phenoxy) is 2. The van der Waals surface area contributed by atoms with E-state index in [9.17, 15) is 15.0 Å². The maximum absolute atomic E-state index is 12.7. The molecule has 0 aromatic carbocycles. The Balaban J connectivity index is 0.000000132. The fraction of sp³-hybridized carbons (Fsp3) is 0.744. The third-order valence-electron chi connectivity index (χ3n) is 16.5. The molecule has 48 heavy (non-hydrogen) atoms. The van der Waals surface area contributed by atoms with E-state index in [1.165, 1.54) is 49.7 Å². The molecule has 258 valence electrons. The molecular weight excluding hydrogens is 596 g/mol. The molecule has 0 radical (unpaired) electrons. The lowest BCUT2D eigenvalue weighted by Crippen LogP contribution is -2.54. The number of aliphatic hydroxyl groups is 2. The topological polar surface area (TPSA) is 76.0 Å². The van der Waals surface area contributed by atoms with E-state index >= 15 is 0 Å². The summed E-state index contributed by atoms with van der Waals surface area (Å²) < 4.78 is 11.0. The molecule has 0 aliphatic heterocycles. The van der Waals surface area contributed by atoms with Gasteiger partial charge in [-0.15, -0.1) is 0 Å². The maximum Gasteiger partial charge on any atom is 0.142 e. The summed E-state index contributed by atoms with van der Waals surface area (Å²) in [7, 11) is 3.58. The number of hydrogen-bond donors (Lipinski definition) is 2. The lowest BCUT2D eigenvalue weighted by molar-refractivity contribution is -0.133. The van der Waals surface area contributed by atoms with E-state index in [1.807, 2.05) is 0 Å². The van der Waals surface area contributed by atoms with Gasteiger partial charge in [-0.2, -0.15) is 0 Å². The number of methoxy groups -OCH3 is 2. The van der Waals surface area contributed by atoms with Crippen LogP contribution < -0.4 is 0 Å². The number of ketones is 1. The molecule has 10 aliphatic rings. The molecule has 0 bridgehead atoms. The summed E-state index contributed by atoms with van der Waals surface area (Å²) in [6.07, 6.45) is 23.5. The van der Waals surface area contributed by atoms with Gasteiger partial charge >= 0.3 is 0 Å². The first-order valence-electron chi connectivity index (χ1n) is 19.4. The fourth-order valence-corrected chi connectivity index (χ4v) is 14.3. The Morgan fingerprint density at radius 1 is 0.771 bits per heavy atom. The summed E-state index contributed by atoms with van der Waals surface area (Å²) in [4.78, 5) is 12.7. The van der Waals surface area contributed by atoms with Crippen molar-refractivity contribution in [1.29, 1.82) is 0 Å². The zero-order valence-corrected chi connectivity index (χ0v) is 29.5. The van der Waals surface area contributed by atoms with Gasteiger partial charge in [0, 0.05) is 35.5 Å². The van der Waals surface area contributed by atoms with E-state index in [2.05, 4.69) is 50.0 Å². The molecule has 5 nitrogen and oxygen atoms in total. The van der Waals surface area contributed by atoms with Gasteiger partial charge in [0.15, 0.2) is 0 Å². The summed E-state index contributed by atoms with van der Waals surface area (Å²) in [6.45, 7) is 4.43. The molecule has 0 aromatic rings. The minimum absolute atomic E-state index is 0.0300. The molecule has 0 saturated heterocycles. The van der Waals surface area contributed by atoms with Gasteiger partial charge in [0.25, 0.3) is 0 Å². The summed E-state index contributed by atoms with van der Waals surface area (Å²) in [5.74, 6) is 16.7. The Hall–Kier alpha value is -2.29. The molecule has 6 fully saturated rings. The van der Waals surface area contributed by atoms with Gasteiger partial charge in [-0.1, -0.05) is 37.8 Å². The zero-order chi connectivity index (χ0) is 33.2. The zero-order valence-electron chi connectivity index (χ0n) is 29.5. The third kappa shape index (κ3) is 4.33. The number of fused-ring (bicyclic) bond motifs is 14. The summed E-state index contributed by atoms with van der Waals surface area (Å²) in [5, 5.41) is 20.7. The Bertz CT molecular complexity index is 1570. The molecule has 0 aromatic heterocycles. The van der Waals surface area contributed by atoms with Crippen LogP contribution in [-0.4, -0.2) is 42.4 Å². The van der Waals surface area contributed by atoms with Gasteiger partial charge in [-0.05, 0) is 147 Å². The smallest absolute Gasteiger partial charge is 0.142 e. The minimum atomic E-state index is -0.893. The monoisotopic (exact) mass is 652 g/mol. The van der Waals surface area contributed by atoms with E-state index in [1.54, 1.807) is 14.2 Å². The molecule has 0 heterocycles. The van der Waals surface area contributed by atoms with Crippen molar-refractivity contribution in [3.63, 3.8) is 0 Å². The van der Waals surface area contributed by atoms with Crippen LogP contribution in [0.25, 0.3) is 0 Å². The lowest BCUT2D eigenvalue weighted by atomic mass is 9.50. The van der Waals surface area contributed by atoms with Crippen molar-refractivity contribution in [3.05, 3.63) is 47.0 Å². The highest BCUT2D eigenvalue weighted by Gasteiger charge is 2.75. The van der Waals surface area contributed by atoms with Crippen LogP contribution in [0.2, 0.25) is 0 Å². The Labute approximate surface area is 287 Å². The summed E-state index contributed by atoms with van der Waals surface area (Å²) in [5.41, 5.74) is 2.05. The molecule has 5 heteroatoms. The highest BCUT2D eigenvalue weighted by molar-refractivity contribution is 5.92. The predicted molar refractivity (Wildman–Crippen MR) is 185 cm³/mol. The van der Waals surface area contributed by atoms with Crippen LogP contribution in [0.3, 0.4) is 0 Å². The fourth-order valence-electron chi connectivity index (χ4n) is 14.3. The second-order valence-corrected chi connectivity index (χ2v) is 18.0. The standard InChI is InChI=1S/C23H30O3.C20H26O2/c1-22-10-8-17-16-7-5-15(26-2)12-14(16)4-6-18(17)21(22)19-13-20(19)23(22,25)9-3-11-24;1-20-8-7-14-13-6-4-12(22-2)9-11(13)3-5-15(14)18(20)16-10-17(16)19(20)21/h4,12,16-21,24-25H,5-8,10-11,13H2,1-2H3;3,9,13-18H,4-8,10H2,1-2H3/t16-,17?,18?,19+,20-,21?,22-,23-;13-,14?,15?,16+,17-,18?,20-/m00/s1. The summed E-state index contributed by atoms with van der Waals surface area (Å²) >= 11 is 0. The van der Waals surface area contributed by atoms with E-state index in [4.69, 9.17) is 9.47 Å². The first-order chi connectivity index (χ1) is 23.2. The minimum Gasteiger partial charge on any atom is -0.501 e. The summed E-state index contributed by atoms with van der Waals surface area (Å²) in [6, 6.07) is 0. The number of aliphatic hydroxyl groups excluding tert-OH is 1. The van der Waals surface area contributed by atoms with Crippen LogP contribution >= 0.6 is 0 Å². The average molecular weight is 653 g/mol. The molecule has 0 spiro atoms. The second-order valence-electron chi connectivity index (χ2n) is 18.0. The van der Waals surface area contributed by atoms with Gasteiger partial charge in [0.05, 0.1) is 25.7 Å². The van der Waals surface area contributed by atoms with Gasteiger partial charge in [0.1, 0.15) is 18.0 Å². The Kier molecular flexibility index (Phi) is 7.33. The maximum atomic E-state index is 12.7. The molecule has 6 unspecified atom stereocenters. The SMILES string of the molecule is COC1=CC2=CCC3C(CC[C@@]4(C)C3[C@@H]3C[C@@H]3[C@@]4(O)C#CCO)[C@H]2CC1.COC1=CC2=CCC3C(CC[C@]4(C)C(=O)[C@H]5C[C@H]5C34)[C@H]2CC1. The van der Waals surface area contributed by atoms with Crippen molar-refractivity contribution in [2.75, 3.05) is 20.8 Å². The van der Waals surface area contributed by atoms with Gasteiger partial charge in [-0.3, -0.25) is 4.79 Å². The predicted octanol–water partition coefficient (Wildman–Crippen LogP) is 7.41. The first kappa shape index (κ1) is 31.7. The van der Waals surface area contributed by atoms with Crippen LogP contribution in [-0.2, 0) is 14.3 Å². The van der Waals surface area contributed by atoms with Crippen LogP contribution in [0, 0.1) is 93.7 Å². The third-order valence-corrected chi connectivity index (χ3v) is 16.5. The van der Waals surface area contributed by atoms with Crippen molar-refractivity contribution in [2.45, 2.75) is 96.5 Å².